The highest BCUT2D eigenvalue weighted by Crippen LogP contribution is 2.26. The number of aromatic nitrogens is 3. The van der Waals surface area contributed by atoms with E-state index >= 15 is 0 Å². The Labute approximate surface area is 153 Å². The second-order valence-corrected chi connectivity index (χ2v) is 6.23. The zero-order valence-corrected chi connectivity index (χ0v) is 15.2. The molecule has 0 aliphatic heterocycles. The Morgan fingerprint density at radius 2 is 2.04 bits per heavy atom. The van der Waals surface area contributed by atoms with Gasteiger partial charge in [-0.15, -0.1) is 9.90 Å². The van der Waals surface area contributed by atoms with E-state index in [0.29, 0.717) is 18.7 Å². The third kappa shape index (κ3) is 4.45. The molecule has 0 fully saturated rings. The molecule has 3 aromatic rings. The van der Waals surface area contributed by atoms with Gasteiger partial charge in [-0.3, -0.25) is 4.79 Å². The minimum Gasteiger partial charge on any atom is -0.496 e. The standard InChI is InChI=1S/C18H17BrN4O2/c1-25-16-9-7-13(11-15(16)19)8-10-18(24)21-17-12-20-23(22-17)14-5-3-2-4-6-14/h2-7,9,11-12H,8,10H2,1H3,(H,21,22,24). The van der Waals surface area contributed by atoms with E-state index in [2.05, 4.69) is 31.4 Å². The number of carbonyl (C=O) groups excluding carboxylic acids is 1. The largest absolute Gasteiger partial charge is 0.496 e. The average molecular weight is 401 g/mol. The van der Waals surface area contributed by atoms with Crippen LogP contribution in [0.25, 0.3) is 5.69 Å². The average Bonchev–Trinajstić information content (AvgIpc) is 3.09. The number of ether oxygens (including phenoxy) is 1. The number of benzene rings is 2. The van der Waals surface area contributed by atoms with E-state index < -0.39 is 0 Å². The van der Waals surface area contributed by atoms with E-state index in [9.17, 15) is 4.79 Å². The lowest BCUT2D eigenvalue weighted by atomic mass is 10.1. The number of methoxy groups -OCH3 is 1. The van der Waals surface area contributed by atoms with Crippen LogP contribution in [0.15, 0.2) is 59.2 Å². The first-order valence-corrected chi connectivity index (χ1v) is 8.55. The number of aryl methyl sites for hydroxylation is 1. The van der Waals surface area contributed by atoms with Crippen molar-refractivity contribution in [2.75, 3.05) is 12.4 Å². The van der Waals surface area contributed by atoms with Gasteiger partial charge in [-0.05, 0) is 52.2 Å². The molecule has 3 rings (SSSR count). The number of halogens is 1. The van der Waals surface area contributed by atoms with E-state index in [1.54, 1.807) is 7.11 Å². The molecule has 7 heteroatoms. The SMILES string of the molecule is COc1ccc(CCC(=O)Nc2cnn(-c3ccccc3)n2)cc1Br. The normalized spacial score (nSPS) is 10.5. The fourth-order valence-corrected chi connectivity index (χ4v) is 2.92. The van der Waals surface area contributed by atoms with E-state index in [1.807, 2.05) is 48.5 Å². The quantitative estimate of drug-likeness (QED) is 0.685. The zero-order valence-electron chi connectivity index (χ0n) is 13.6. The second-order valence-electron chi connectivity index (χ2n) is 5.37. The Morgan fingerprint density at radius 1 is 1.24 bits per heavy atom. The maximum Gasteiger partial charge on any atom is 0.225 e. The summed E-state index contributed by atoms with van der Waals surface area (Å²) in [4.78, 5) is 13.6. The molecule has 0 unspecified atom stereocenters. The highest BCUT2D eigenvalue weighted by Gasteiger charge is 2.08. The summed E-state index contributed by atoms with van der Waals surface area (Å²) < 4.78 is 6.07. The molecule has 0 aliphatic carbocycles. The van der Waals surface area contributed by atoms with E-state index in [-0.39, 0.29) is 5.91 Å². The van der Waals surface area contributed by atoms with Crippen LogP contribution in [0.3, 0.4) is 0 Å². The van der Waals surface area contributed by atoms with Crippen molar-refractivity contribution >= 4 is 27.7 Å². The van der Waals surface area contributed by atoms with Gasteiger partial charge >= 0.3 is 0 Å². The number of rotatable bonds is 6. The summed E-state index contributed by atoms with van der Waals surface area (Å²) in [7, 11) is 1.62. The molecule has 0 atom stereocenters. The van der Waals surface area contributed by atoms with Gasteiger partial charge in [-0.1, -0.05) is 24.3 Å². The molecule has 128 valence electrons. The van der Waals surface area contributed by atoms with Crippen LogP contribution < -0.4 is 10.1 Å². The third-order valence-corrected chi connectivity index (χ3v) is 4.22. The fraction of sp³-hybridized carbons (Fsp3) is 0.167. The van der Waals surface area contributed by atoms with Crippen molar-refractivity contribution in [3.63, 3.8) is 0 Å². The monoisotopic (exact) mass is 400 g/mol. The van der Waals surface area contributed by atoms with Crippen LogP contribution >= 0.6 is 15.9 Å². The molecule has 2 aromatic carbocycles. The molecule has 6 nitrogen and oxygen atoms in total. The van der Waals surface area contributed by atoms with Crippen molar-refractivity contribution in [3.8, 4) is 11.4 Å². The first-order chi connectivity index (χ1) is 12.2. The number of carbonyl (C=O) groups is 1. The van der Waals surface area contributed by atoms with Crippen molar-refractivity contribution in [1.82, 2.24) is 15.0 Å². The molecule has 0 radical (unpaired) electrons. The van der Waals surface area contributed by atoms with Gasteiger partial charge in [-0.25, -0.2) is 0 Å². The number of nitrogens with one attached hydrogen (secondary N) is 1. The predicted octanol–water partition coefficient (Wildman–Crippen LogP) is 3.61. The number of hydrogen-bond donors (Lipinski definition) is 1. The lowest BCUT2D eigenvalue weighted by molar-refractivity contribution is -0.116. The second kappa shape index (κ2) is 7.94. The molecule has 25 heavy (non-hydrogen) atoms. The summed E-state index contributed by atoms with van der Waals surface area (Å²) in [6.07, 6.45) is 2.52. The Bertz CT molecular complexity index is 865. The van der Waals surface area contributed by atoms with Gasteiger partial charge in [0.1, 0.15) is 5.75 Å². The minimum atomic E-state index is -0.105. The van der Waals surface area contributed by atoms with Crippen LogP contribution in [0.1, 0.15) is 12.0 Å². The Balaban J connectivity index is 1.56. The lowest BCUT2D eigenvalue weighted by Gasteiger charge is -2.06. The summed E-state index contributed by atoms with van der Waals surface area (Å²) in [5.74, 6) is 1.10. The van der Waals surface area contributed by atoms with Crippen molar-refractivity contribution in [2.45, 2.75) is 12.8 Å². The third-order valence-electron chi connectivity index (χ3n) is 3.60. The highest BCUT2D eigenvalue weighted by molar-refractivity contribution is 9.10. The van der Waals surface area contributed by atoms with Crippen LogP contribution in [0.2, 0.25) is 0 Å². The topological polar surface area (TPSA) is 69.0 Å². The summed E-state index contributed by atoms with van der Waals surface area (Å²) in [5, 5.41) is 11.2. The molecular weight excluding hydrogens is 384 g/mol. The van der Waals surface area contributed by atoms with Crippen molar-refractivity contribution in [3.05, 3.63) is 64.8 Å². The number of amides is 1. The van der Waals surface area contributed by atoms with Gasteiger partial charge in [0, 0.05) is 6.42 Å². The molecular formula is C18H17BrN4O2. The number of hydrogen-bond acceptors (Lipinski definition) is 4. The van der Waals surface area contributed by atoms with Crippen molar-refractivity contribution in [1.29, 1.82) is 0 Å². The molecule has 0 saturated carbocycles. The molecule has 1 N–H and O–H groups in total. The van der Waals surface area contributed by atoms with Gasteiger partial charge in [0.25, 0.3) is 0 Å². The minimum absolute atomic E-state index is 0.105. The molecule has 1 aromatic heterocycles. The Hall–Kier alpha value is -2.67. The Kier molecular flexibility index (Phi) is 5.45. The summed E-state index contributed by atoms with van der Waals surface area (Å²) in [6.45, 7) is 0. The lowest BCUT2D eigenvalue weighted by Crippen LogP contribution is -2.13. The molecule has 1 heterocycles. The van der Waals surface area contributed by atoms with Gasteiger partial charge in [-0.2, -0.15) is 5.10 Å². The van der Waals surface area contributed by atoms with Crippen LogP contribution in [0.4, 0.5) is 5.82 Å². The van der Waals surface area contributed by atoms with Gasteiger partial charge < -0.3 is 10.1 Å². The molecule has 1 amide bonds. The van der Waals surface area contributed by atoms with E-state index in [4.69, 9.17) is 4.74 Å². The predicted molar refractivity (Wildman–Crippen MR) is 99.0 cm³/mol. The molecule has 0 aliphatic rings. The zero-order chi connectivity index (χ0) is 17.6. The Morgan fingerprint density at radius 3 is 2.76 bits per heavy atom. The first-order valence-electron chi connectivity index (χ1n) is 7.76. The first kappa shape index (κ1) is 17.2. The van der Waals surface area contributed by atoms with Crippen molar-refractivity contribution < 1.29 is 9.53 Å². The summed E-state index contributed by atoms with van der Waals surface area (Å²) in [5.41, 5.74) is 1.89. The molecule has 0 bridgehead atoms. The van der Waals surface area contributed by atoms with E-state index in [1.165, 1.54) is 11.0 Å². The molecule has 0 saturated heterocycles. The van der Waals surface area contributed by atoms with E-state index in [0.717, 1.165) is 21.5 Å². The number of para-hydroxylation sites is 1. The smallest absolute Gasteiger partial charge is 0.225 e. The van der Waals surface area contributed by atoms with Crippen molar-refractivity contribution in [2.24, 2.45) is 0 Å². The highest BCUT2D eigenvalue weighted by atomic mass is 79.9. The molecule has 0 spiro atoms. The number of nitrogens with zero attached hydrogens (tertiary/aromatic N) is 3. The van der Waals surface area contributed by atoms with Crippen LogP contribution in [-0.2, 0) is 11.2 Å². The van der Waals surface area contributed by atoms with Crippen LogP contribution in [0.5, 0.6) is 5.75 Å². The fourth-order valence-electron chi connectivity index (χ4n) is 2.33. The summed E-state index contributed by atoms with van der Waals surface area (Å²) >= 11 is 3.45. The summed E-state index contributed by atoms with van der Waals surface area (Å²) in [6, 6.07) is 15.3. The maximum atomic E-state index is 12.1. The number of anilines is 1. The van der Waals surface area contributed by atoms with Gasteiger partial charge in [0.15, 0.2) is 5.82 Å². The van der Waals surface area contributed by atoms with Crippen LogP contribution in [-0.4, -0.2) is 28.0 Å². The maximum absolute atomic E-state index is 12.1. The van der Waals surface area contributed by atoms with Gasteiger partial charge in [0.2, 0.25) is 5.91 Å². The van der Waals surface area contributed by atoms with Crippen LogP contribution in [0, 0.1) is 0 Å². The van der Waals surface area contributed by atoms with Gasteiger partial charge in [0.05, 0.1) is 23.5 Å².